The topological polar surface area (TPSA) is 32.3 Å². The Morgan fingerprint density at radius 1 is 1.33 bits per heavy atom. The van der Waals surface area contributed by atoms with Crippen LogP contribution in [0.1, 0.15) is 44.4 Å². The third kappa shape index (κ3) is 4.72. The van der Waals surface area contributed by atoms with E-state index in [1.807, 2.05) is 0 Å². The van der Waals surface area contributed by atoms with Crippen LogP contribution in [0, 0.1) is 5.92 Å². The summed E-state index contributed by atoms with van der Waals surface area (Å²) in [7, 11) is 0. The van der Waals surface area contributed by atoms with Crippen molar-refractivity contribution in [2.24, 2.45) is 5.92 Å². The molecule has 0 aliphatic carbocycles. The van der Waals surface area contributed by atoms with Crippen LogP contribution in [0.2, 0.25) is 0 Å². The number of nitrogens with zero attached hydrogens (tertiary/aromatic N) is 1. The first-order valence-corrected chi connectivity index (χ1v) is 7.70. The number of hydrogen-bond acceptors (Lipinski definition) is 2. The maximum Gasteiger partial charge on any atom is 0.223 e. The Morgan fingerprint density at radius 3 is 2.57 bits per heavy atom. The minimum Gasteiger partial charge on any atom is -0.333 e. The maximum absolute atomic E-state index is 12.4. The average molecular weight is 311 g/mol. The van der Waals surface area contributed by atoms with Crippen LogP contribution in [0.4, 0.5) is 0 Å². The zero-order valence-corrected chi connectivity index (χ0v) is 14.1. The molecule has 0 aromatic heterocycles. The zero-order chi connectivity index (χ0) is 14.5. The Bertz CT molecular complexity index is 445. The molecule has 1 aromatic carbocycles. The third-order valence-corrected chi connectivity index (χ3v) is 3.92. The van der Waals surface area contributed by atoms with E-state index in [0.717, 1.165) is 26.1 Å². The summed E-state index contributed by atoms with van der Waals surface area (Å²) in [4.78, 5) is 14.5. The molecule has 21 heavy (non-hydrogen) atoms. The lowest BCUT2D eigenvalue weighted by molar-refractivity contribution is -0.135. The molecule has 0 spiro atoms. The van der Waals surface area contributed by atoms with Gasteiger partial charge in [0.2, 0.25) is 5.91 Å². The van der Waals surface area contributed by atoms with Crippen molar-refractivity contribution in [1.82, 2.24) is 10.2 Å². The quantitative estimate of drug-likeness (QED) is 0.926. The molecule has 2 rings (SSSR count). The Morgan fingerprint density at radius 2 is 2.00 bits per heavy atom. The van der Waals surface area contributed by atoms with Gasteiger partial charge in [0.1, 0.15) is 0 Å². The summed E-state index contributed by atoms with van der Waals surface area (Å²) < 4.78 is 0. The van der Waals surface area contributed by atoms with Crippen molar-refractivity contribution < 1.29 is 4.79 Å². The third-order valence-electron chi connectivity index (χ3n) is 3.92. The summed E-state index contributed by atoms with van der Waals surface area (Å²) in [5.74, 6) is 0.701. The van der Waals surface area contributed by atoms with Gasteiger partial charge in [0.05, 0.1) is 6.04 Å². The molecule has 0 radical (unpaired) electrons. The van der Waals surface area contributed by atoms with Gasteiger partial charge in [0, 0.05) is 26.1 Å². The Hall–Kier alpha value is -1.06. The van der Waals surface area contributed by atoms with Gasteiger partial charge >= 0.3 is 0 Å². The van der Waals surface area contributed by atoms with E-state index < -0.39 is 0 Å². The highest BCUT2D eigenvalue weighted by atomic mass is 35.5. The van der Waals surface area contributed by atoms with Gasteiger partial charge in [-0.15, -0.1) is 12.4 Å². The van der Waals surface area contributed by atoms with Gasteiger partial charge in [-0.05, 0) is 23.5 Å². The van der Waals surface area contributed by atoms with Crippen molar-refractivity contribution >= 4 is 18.3 Å². The summed E-state index contributed by atoms with van der Waals surface area (Å²) in [5.41, 5.74) is 2.59. The summed E-state index contributed by atoms with van der Waals surface area (Å²) >= 11 is 0. The van der Waals surface area contributed by atoms with E-state index in [1.54, 1.807) is 0 Å². The second kappa shape index (κ2) is 8.40. The zero-order valence-electron chi connectivity index (χ0n) is 13.3. The van der Waals surface area contributed by atoms with Crippen LogP contribution >= 0.6 is 12.4 Å². The number of hydrogen-bond donors (Lipinski definition) is 1. The van der Waals surface area contributed by atoms with Gasteiger partial charge in [-0.1, -0.05) is 45.0 Å². The van der Waals surface area contributed by atoms with E-state index in [1.165, 1.54) is 11.1 Å². The molecule has 1 aliphatic heterocycles. The second-order valence-electron chi connectivity index (χ2n) is 6.00. The van der Waals surface area contributed by atoms with E-state index in [-0.39, 0.29) is 24.4 Å². The number of halogens is 1. The fourth-order valence-electron chi connectivity index (χ4n) is 2.74. The molecule has 1 aliphatic rings. The van der Waals surface area contributed by atoms with Crippen LogP contribution in [0.15, 0.2) is 24.3 Å². The molecule has 118 valence electrons. The van der Waals surface area contributed by atoms with Crippen LogP contribution < -0.4 is 5.32 Å². The van der Waals surface area contributed by atoms with Crippen molar-refractivity contribution in [2.75, 3.05) is 19.6 Å². The van der Waals surface area contributed by atoms with E-state index in [2.05, 4.69) is 55.3 Å². The van der Waals surface area contributed by atoms with Crippen LogP contribution in [0.5, 0.6) is 0 Å². The summed E-state index contributed by atoms with van der Waals surface area (Å²) in [6.07, 6.45) is 1.70. The largest absolute Gasteiger partial charge is 0.333 e. The molecule has 1 atom stereocenters. The smallest absolute Gasteiger partial charge is 0.223 e. The number of piperazine rings is 1. The van der Waals surface area contributed by atoms with Crippen LogP contribution in [0.3, 0.4) is 0 Å². The Balaban J connectivity index is 0.00000220. The van der Waals surface area contributed by atoms with Gasteiger partial charge in [-0.2, -0.15) is 0 Å². The maximum atomic E-state index is 12.4. The molecule has 1 fully saturated rings. The molecule has 4 heteroatoms. The monoisotopic (exact) mass is 310 g/mol. The normalized spacial score (nSPS) is 18.5. The van der Waals surface area contributed by atoms with Crippen molar-refractivity contribution in [1.29, 1.82) is 0 Å². The predicted octanol–water partition coefficient (Wildman–Crippen LogP) is 3.19. The molecule has 1 amide bonds. The molecule has 3 nitrogen and oxygen atoms in total. The molecule has 1 saturated heterocycles. The highest BCUT2D eigenvalue weighted by molar-refractivity contribution is 5.85. The van der Waals surface area contributed by atoms with Gasteiger partial charge in [0.25, 0.3) is 0 Å². The number of carbonyl (C=O) groups excluding carboxylic acids is 1. The molecule has 0 bridgehead atoms. The van der Waals surface area contributed by atoms with E-state index in [4.69, 9.17) is 0 Å². The number of carbonyl (C=O) groups is 1. The van der Waals surface area contributed by atoms with Crippen LogP contribution in [0.25, 0.3) is 0 Å². The number of benzene rings is 1. The van der Waals surface area contributed by atoms with Gasteiger partial charge < -0.3 is 10.2 Å². The fraction of sp³-hybridized carbons (Fsp3) is 0.588. The number of amides is 1. The van der Waals surface area contributed by atoms with Crippen LogP contribution in [-0.4, -0.2) is 30.4 Å². The minimum atomic E-state index is 0. The molecular formula is C17H27ClN2O. The lowest BCUT2D eigenvalue weighted by Crippen LogP contribution is -2.48. The molecule has 1 unspecified atom stereocenters. The highest BCUT2D eigenvalue weighted by Gasteiger charge is 2.27. The van der Waals surface area contributed by atoms with Gasteiger partial charge in [0.15, 0.2) is 0 Å². The predicted molar refractivity (Wildman–Crippen MR) is 89.8 cm³/mol. The summed E-state index contributed by atoms with van der Waals surface area (Å²) in [5, 5.41) is 3.41. The molecule has 1 N–H and O–H groups in total. The second-order valence-corrected chi connectivity index (χ2v) is 6.00. The van der Waals surface area contributed by atoms with Crippen LogP contribution in [-0.2, 0) is 11.2 Å². The lowest BCUT2D eigenvalue weighted by Gasteiger charge is -2.37. The first-order valence-electron chi connectivity index (χ1n) is 7.70. The summed E-state index contributed by atoms with van der Waals surface area (Å²) in [6, 6.07) is 8.88. The number of rotatable bonds is 4. The minimum absolute atomic E-state index is 0. The van der Waals surface area contributed by atoms with Crippen molar-refractivity contribution in [3.8, 4) is 0 Å². The molecule has 1 aromatic rings. The average Bonchev–Trinajstić information content (AvgIpc) is 2.46. The van der Waals surface area contributed by atoms with Crippen molar-refractivity contribution in [3.05, 3.63) is 35.4 Å². The van der Waals surface area contributed by atoms with Gasteiger partial charge in [-0.3, -0.25) is 4.79 Å². The fourth-order valence-corrected chi connectivity index (χ4v) is 2.74. The Labute approximate surface area is 134 Å². The summed E-state index contributed by atoms with van der Waals surface area (Å²) in [6.45, 7) is 8.93. The first-order chi connectivity index (χ1) is 9.61. The highest BCUT2D eigenvalue weighted by Crippen LogP contribution is 2.24. The number of aryl methyl sites for hydroxylation is 1. The Kier molecular flexibility index (Phi) is 7.20. The first kappa shape index (κ1) is 18.0. The van der Waals surface area contributed by atoms with Gasteiger partial charge in [-0.25, -0.2) is 0 Å². The standard InChI is InChI=1S/C17H26N2O.ClH/c1-4-14-5-7-15(8-6-14)16-12-18-9-10-19(16)17(20)11-13(2)3;/h5-8,13,16,18H,4,9-12H2,1-3H3;1H. The van der Waals surface area contributed by atoms with Crippen molar-refractivity contribution in [3.63, 3.8) is 0 Å². The van der Waals surface area contributed by atoms with E-state index in [9.17, 15) is 4.79 Å². The lowest BCUT2D eigenvalue weighted by atomic mass is 9.99. The number of nitrogens with one attached hydrogen (secondary N) is 1. The molecule has 1 heterocycles. The van der Waals surface area contributed by atoms with Crippen molar-refractivity contribution in [2.45, 2.75) is 39.7 Å². The van der Waals surface area contributed by atoms with E-state index >= 15 is 0 Å². The molecule has 0 saturated carbocycles. The van der Waals surface area contributed by atoms with E-state index in [0.29, 0.717) is 12.3 Å². The SMILES string of the molecule is CCc1ccc(C2CNCCN2C(=O)CC(C)C)cc1.Cl. The molecular weight excluding hydrogens is 284 g/mol.